The van der Waals surface area contributed by atoms with Crippen molar-refractivity contribution in [2.75, 3.05) is 19.6 Å². The highest BCUT2D eigenvalue weighted by atomic mass is 16.1. The van der Waals surface area contributed by atoms with Gasteiger partial charge >= 0.3 is 0 Å². The summed E-state index contributed by atoms with van der Waals surface area (Å²) in [5.74, 6) is 0.251. The van der Waals surface area contributed by atoms with Crippen LogP contribution in [0.15, 0.2) is 24.3 Å². The van der Waals surface area contributed by atoms with Crippen molar-refractivity contribution in [3.05, 3.63) is 41.0 Å². The number of ketones is 1. The van der Waals surface area contributed by atoms with Crippen molar-refractivity contribution in [3.63, 3.8) is 0 Å². The van der Waals surface area contributed by atoms with E-state index in [-0.39, 0.29) is 5.78 Å². The van der Waals surface area contributed by atoms with Crippen LogP contribution in [0.2, 0.25) is 0 Å². The fraction of sp³-hybridized carbons (Fsp3) is 0.591. The molecule has 1 fully saturated rings. The van der Waals surface area contributed by atoms with E-state index in [0.29, 0.717) is 6.42 Å². The van der Waals surface area contributed by atoms with Gasteiger partial charge in [-0.25, -0.2) is 0 Å². The Kier molecular flexibility index (Phi) is 8.24. The molecule has 0 amide bonds. The monoisotopic (exact) mass is 327 g/mol. The lowest BCUT2D eigenvalue weighted by molar-refractivity contribution is -0.114. The third kappa shape index (κ3) is 6.24. The molecule has 0 spiro atoms. The van der Waals surface area contributed by atoms with Crippen LogP contribution in [-0.2, 0) is 17.6 Å². The molecule has 0 N–H and O–H groups in total. The van der Waals surface area contributed by atoms with Crippen molar-refractivity contribution in [1.82, 2.24) is 4.90 Å². The summed E-state index contributed by atoms with van der Waals surface area (Å²) >= 11 is 0. The molecule has 0 aromatic heterocycles. The highest BCUT2D eigenvalue weighted by Crippen LogP contribution is 2.17. The van der Waals surface area contributed by atoms with Gasteiger partial charge in [-0.15, -0.1) is 0 Å². The second-order valence-electron chi connectivity index (χ2n) is 6.99. The fourth-order valence-electron chi connectivity index (χ4n) is 3.47. The summed E-state index contributed by atoms with van der Waals surface area (Å²) in [5.41, 5.74) is 4.00. The van der Waals surface area contributed by atoms with E-state index in [9.17, 15) is 4.79 Å². The molecule has 2 nitrogen and oxygen atoms in total. The second kappa shape index (κ2) is 10.5. The van der Waals surface area contributed by atoms with Crippen molar-refractivity contribution in [1.29, 1.82) is 0 Å². The van der Waals surface area contributed by atoms with Crippen molar-refractivity contribution < 1.29 is 4.79 Å². The smallest absolute Gasteiger partial charge is 0.156 e. The minimum absolute atomic E-state index is 0.251. The lowest BCUT2D eigenvalue weighted by Gasteiger charge is -2.25. The van der Waals surface area contributed by atoms with Gasteiger partial charge in [-0.1, -0.05) is 57.4 Å². The molecule has 1 aromatic carbocycles. The minimum Gasteiger partial charge on any atom is -0.303 e. The van der Waals surface area contributed by atoms with Crippen LogP contribution in [0, 0.1) is 0 Å². The zero-order valence-electron chi connectivity index (χ0n) is 15.5. The maximum absolute atomic E-state index is 12.2. The number of carbonyl (C=O) groups excluding carboxylic acids is 1. The first-order valence-corrected chi connectivity index (χ1v) is 9.78. The van der Waals surface area contributed by atoms with Crippen LogP contribution in [0.5, 0.6) is 0 Å². The molecule has 1 heterocycles. The largest absolute Gasteiger partial charge is 0.303 e. The summed E-state index contributed by atoms with van der Waals surface area (Å²) in [6.45, 7) is 7.67. The lowest BCUT2D eigenvalue weighted by atomic mass is 9.97. The average molecular weight is 328 g/mol. The van der Waals surface area contributed by atoms with E-state index in [1.165, 1.54) is 42.4 Å². The van der Waals surface area contributed by atoms with Gasteiger partial charge in [-0.05, 0) is 61.5 Å². The van der Waals surface area contributed by atoms with Crippen LogP contribution < -0.4 is 0 Å². The van der Waals surface area contributed by atoms with Crippen LogP contribution in [-0.4, -0.2) is 30.3 Å². The van der Waals surface area contributed by atoms with Gasteiger partial charge < -0.3 is 4.90 Å². The number of nitrogens with zero attached hydrogens (tertiary/aromatic N) is 1. The van der Waals surface area contributed by atoms with E-state index < -0.39 is 0 Å². The third-order valence-electron chi connectivity index (χ3n) is 4.84. The molecule has 0 atom stereocenters. The minimum atomic E-state index is 0.251. The molecule has 1 saturated heterocycles. The molecule has 0 unspecified atom stereocenters. The molecule has 0 radical (unpaired) electrons. The van der Waals surface area contributed by atoms with Crippen molar-refractivity contribution in [2.24, 2.45) is 0 Å². The van der Waals surface area contributed by atoms with Gasteiger partial charge in [0, 0.05) is 13.0 Å². The number of aryl methyl sites for hydroxylation is 2. The zero-order chi connectivity index (χ0) is 17.2. The Balaban J connectivity index is 1.92. The standard InChI is InChI=1S/C22H33NO/c1-3-8-19-10-11-20(21(18-19)9-4-2)12-13-22(24)14-17-23-15-6-5-7-16-23/h10-13,18H,3-9,14-17H2,1-2H3/b13-12+. The van der Waals surface area contributed by atoms with Crippen LogP contribution in [0.25, 0.3) is 6.08 Å². The first-order chi connectivity index (χ1) is 11.7. The van der Waals surface area contributed by atoms with Gasteiger partial charge in [-0.2, -0.15) is 0 Å². The molecular formula is C22H33NO. The normalized spacial score (nSPS) is 15.9. The maximum Gasteiger partial charge on any atom is 0.156 e. The summed E-state index contributed by atoms with van der Waals surface area (Å²) in [4.78, 5) is 14.6. The lowest BCUT2D eigenvalue weighted by Crippen LogP contribution is -2.31. The Hall–Kier alpha value is -1.41. The molecule has 1 aliphatic heterocycles. The second-order valence-corrected chi connectivity index (χ2v) is 6.99. The van der Waals surface area contributed by atoms with Gasteiger partial charge in [0.1, 0.15) is 0 Å². The van der Waals surface area contributed by atoms with E-state index in [0.717, 1.165) is 38.9 Å². The summed E-state index contributed by atoms with van der Waals surface area (Å²) in [7, 11) is 0. The zero-order valence-corrected chi connectivity index (χ0v) is 15.5. The predicted octanol–water partition coefficient (Wildman–Crippen LogP) is 5.05. The van der Waals surface area contributed by atoms with Crippen LogP contribution in [0.3, 0.4) is 0 Å². The molecule has 24 heavy (non-hydrogen) atoms. The Bertz CT molecular complexity index is 541. The van der Waals surface area contributed by atoms with E-state index in [2.05, 4.69) is 36.9 Å². The molecule has 2 heteroatoms. The Morgan fingerprint density at radius 3 is 2.54 bits per heavy atom. The molecule has 2 rings (SSSR count). The van der Waals surface area contributed by atoms with Crippen LogP contribution in [0.4, 0.5) is 0 Å². The number of rotatable bonds is 9. The number of piperidine rings is 1. The van der Waals surface area contributed by atoms with Crippen LogP contribution >= 0.6 is 0 Å². The predicted molar refractivity (Wildman–Crippen MR) is 103 cm³/mol. The molecule has 0 aliphatic carbocycles. The van der Waals surface area contributed by atoms with Crippen molar-refractivity contribution in [2.45, 2.75) is 65.2 Å². The molecule has 1 aliphatic rings. The van der Waals surface area contributed by atoms with Gasteiger partial charge in [0.25, 0.3) is 0 Å². The first-order valence-electron chi connectivity index (χ1n) is 9.78. The highest BCUT2D eigenvalue weighted by molar-refractivity contribution is 5.93. The Labute approximate surface area is 147 Å². The number of allylic oxidation sites excluding steroid dienone is 1. The summed E-state index contributed by atoms with van der Waals surface area (Å²) in [6.07, 6.45) is 12.9. The average Bonchev–Trinajstić information content (AvgIpc) is 2.61. The van der Waals surface area contributed by atoms with Gasteiger partial charge in [-0.3, -0.25) is 4.79 Å². The number of hydrogen-bond donors (Lipinski definition) is 0. The molecule has 0 saturated carbocycles. The maximum atomic E-state index is 12.2. The molecule has 132 valence electrons. The number of carbonyl (C=O) groups is 1. The van der Waals surface area contributed by atoms with Gasteiger partial charge in [0.2, 0.25) is 0 Å². The van der Waals surface area contributed by atoms with Crippen molar-refractivity contribution >= 4 is 11.9 Å². The quantitative estimate of drug-likeness (QED) is 0.592. The van der Waals surface area contributed by atoms with E-state index >= 15 is 0 Å². The van der Waals surface area contributed by atoms with Gasteiger partial charge in [0.15, 0.2) is 5.78 Å². The Morgan fingerprint density at radius 1 is 1.08 bits per heavy atom. The van der Waals surface area contributed by atoms with E-state index in [1.54, 1.807) is 6.08 Å². The summed E-state index contributed by atoms with van der Waals surface area (Å²) < 4.78 is 0. The van der Waals surface area contributed by atoms with Crippen LogP contribution in [0.1, 0.15) is 69.1 Å². The molecule has 1 aromatic rings. The topological polar surface area (TPSA) is 20.3 Å². The number of hydrogen-bond acceptors (Lipinski definition) is 2. The van der Waals surface area contributed by atoms with E-state index in [1.807, 2.05) is 6.08 Å². The summed E-state index contributed by atoms with van der Waals surface area (Å²) in [6, 6.07) is 6.72. The fourth-order valence-corrected chi connectivity index (χ4v) is 3.47. The summed E-state index contributed by atoms with van der Waals surface area (Å²) in [5, 5.41) is 0. The number of benzene rings is 1. The number of likely N-dealkylation sites (tertiary alicyclic amines) is 1. The van der Waals surface area contributed by atoms with Gasteiger partial charge in [0.05, 0.1) is 0 Å². The SMILES string of the molecule is CCCc1ccc(/C=C/C(=O)CCN2CCCCC2)c(CCC)c1. The Morgan fingerprint density at radius 2 is 1.83 bits per heavy atom. The molecule has 0 bridgehead atoms. The highest BCUT2D eigenvalue weighted by Gasteiger charge is 2.10. The molecular weight excluding hydrogens is 294 g/mol. The first kappa shape index (κ1) is 18.9. The van der Waals surface area contributed by atoms with Crippen molar-refractivity contribution in [3.8, 4) is 0 Å². The third-order valence-corrected chi connectivity index (χ3v) is 4.84. The van der Waals surface area contributed by atoms with E-state index in [4.69, 9.17) is 0 Å².